The molecular formula is C13H12ClFN2O. The van der Waals surface area contributed by atoms with Gasteiger partial charge in [0.05, 0.1) is 11.1 Å². The van der Waals surface area contributed by atoms with Gasteiger partial charge in [-0.1, -0.05) is 29.8 Å². The molecule has 1 aromatic carbocycles. The van der Waals surface area contributed by atoms with Gasteiger partial charge < -0.3 is 10.4 Å². The molecule has 1 unspecified atom stereocenters. The van der Waals surface area contributed by atoms with E-state index in [1.165, 1.54) is 6.07 Å². The van der Waals surface area contributed by atoms with E-state index < -0.39 is 11.9 Å². The number of anilines is 1. The highest BCUT2D eigenvalue weighted by molar-refractivity contribution is 6.32. The van der Waals surface area contributed by atoms with E-state index in [1.54, 1.807) is 36.5 Å². The first-order valence-corrected chi connectivity index (χ1v) is 5.83. The van der Waals surface area contributed by atoms with Crippen molar-refractivity contribution < 1.29 is 9.50 Å². The topological polar surface area (TPSA) is 45.1 Å². The Hall–Kier alpha value is -1.65. The highest BCUT2D eigenvalue weighted by Crippen LogP contribution is 2.20. The Morgan fingerprint density at radius 1 is 1.28 bits per heavy atom. The fourth-order valence-corrected chi connectivity index (χ4v) is 1.75. The lowest BCUT2D eigenvalue weighted by Gasteiger charge is -2.13. The quantitative estimate of drug-likeness (QED) is 0.894. The van der Waals surface area contributed by atoms with Gasteiger partial charge in [0.25, 0.3) is 0 Å². The van der Waals surface area contributed by atoms with Gasteiger partial charge in [0.2, 0.25) is 0 Å². The maximum atomic E-state index is 13.4. The lowest BCUT2D eigenvalue weighted by molar-refractivity contribution is 0.186. The minimum atomic E-state index is -0.954. The van der Waals surface area contributed by atoms with Crippen LogP contribution in [-0.2, 0) is 0 Å². The average Bonchev–Trinajstić information content (AvgIpc) is 2.38. The summed E-state index contributed by atoms with van der Waals surface area (Å²) in [4.78, 5) is 4.02. The van der Waals surface area contributed by atoms with Gasteiger partial charge in [0, 0.05) is 18.3 Å². The van der Waals surface area contributed by atoms with E-state index >= 15 is 0 Å². The Balaban J connectivity index is 2.03. The molecule has 0 spiro atoms. The summed E-state index contributed by atoms with van der Waals surface area (Å²) in [5, 5.41) is 13.2. The van der Waals surface area contributed by atoms with Gasteiger partial charge in [-0.15, -0.1) is 0 Å². The third kappa shape index (κ3) is 2.97. The summed E-state index contributed by atoms with van der Waals surface area (Å²) < 4.78 is 13.4. The van der Waals surface area contributed by atoms with Crippen LogP contribution in [0.25, 0.3) is 0 Å². The fraction of sp³-hybridized carbons (Fsp3) is 0.154. The van der Waals surface area contributed by atoms with Crippen LogP contribution in [0, 0.1) is 5.82 Å². The number of pyridine rings is 1. The highest BCUT2D eigenvalue weighted by Gasteiger charge is 2.12. The number of benzene rings is 1. The summed E-state index contributed by atoms with van der Waals surface area (Å²) in [6, 6.07) is 9.51. The standard InChI is InChI=1S/C13H12ClFN2O/c14-10-5-3-7-16-13(10)17-8-12(18)9-4-1-2-6-11(9)15/h1-7,12,18H,8H2,(H,16,17). The third-order valence-electron chi connectivity index (χ3n) is 2.49. The van der Waals surface area contributed by atoms with Crippen LogP contribution in [0.3, 0.4) is 0 Å². The zero-order chi connectivity index (χ0) is 13.0. The SMILES string of the molecule is OC(CNc1ncccc1Cl)c1ccccc1F. The van der Waals surface area contributed by atoms with E-state index in [4.69, 9.17) is 11.6 Å². The van der Waals surface area contributed by atoms with Gasteiger partial charge in [-0.05, 0) is 18.2 Å². The molecule has 94 valence electrons. The molecule has 5 heteroatoms. The Bertz CT molecular complexity index is 536. The molecule has 0 bridgehead atoms. The average molecular weight is 267 g/mol. The molecule has 0 aliphatic rings. The van der Waals surface area contributed by atoms with Crippen LogP contribution >= 0.6 is 11.6 Å². The zero-order valence-electron chi connectivity index (χ0n) is 9.48. The van der Waals surface area contributed by atoms with Gasteiger partial charge in [-0.3, -0.25) is 0 Å². The van der Waals surface area contributed by atoms with Crippen molar-refractivity contribution in [2.24, 2.45) is 0 Å². The van der Waals surface area contributed by atoms with Gasteiger partial charge in [0.1, 0.15) is 11.6 Å². The fourth-order valence-electron chi connectivity index (χ4n) is 1.56. The predicted octanol–water partition coefficient (Wildman–Crippen LogP) is 3.02. The Morgan fingerprint density at radius 2 is 2.06 bits per heavy atom. The normalized spacial score (nSPS) is 12.2. The van der Waals surface area contributed by atoms with Crippen LogP contribution in [0.1, 0.15) is 11.7 Å². The number of nitrogens with one attached hydrogen (secondary N) is 1. The summed E-state index contributed by atoms with van der Waals surface area (Å²) in [5.74, 6) is 0.0356. The second-order valence-electron chi connectivity index (χ2n) is 3.75. The maximum absolute atomic E-state index is 13.4. The van der Waals surface area contributed by atoms with Crippen molar-refractivity contribution in [1.82, 2.24) is 4.98 Å². The van der Waals surface area contributed by atoms with Gasteiger partial charge in [-0.25, -0.2) is 9.37 Å². The summed E-state index contributed by atoms with van der Waals surface area (Å²) >= 11 is 5.90. The van der Waals surface area contributed by atoms with Gasteiger partial charge >= 0.3 is 0 Å². The van der Waals surface area contributed by atoms with Crippen molar-refractivity contribution in [2.45, 2.75) is 6.10 Å². The minimum Gasteiger partial charge on any atom is -0.386 e. The van der Waals surface area contributed by atoms with Crippen LogP contribution < -0.4 is 5.32 Å². The highest BCUT2D eigenvalue weighted by atomic mass is 35.5. The molecule has 0 aliphatic heterocycles. The number of hydrogen-bond acceptors (Lipinski definition) is 3. The second-order valence-corrected chi connectivity index (χ2v) is 4.16. The molecule has 1 atom stereocenters. The predicted molar refractivity (Wildman–Crippen MR) is 69.1 cm³/mol. The molecule has 2 N–H and O–H groups in total. The van der Waals surface area contributed by atoms with Gasteiger partial charge in [0.15, 0.2) is 0 Å². The first-order chi connectivity index (χ1) is 8.68. The largest absolute Gasteiger partial charge is 0.386 e. The second kappa shape index (κ2) is 5.80. The minimum absolute atomic E-state index is 0.137. The van der Waals surface area contributed by atoms with Crippen molar-refractivity contribution >= 4 is 17.4 Å². The van der Waals surface area contributed by atoms with Crippen LogP contribution in [0.5, 0.6) is 0 Å². The lowest BCUT2D eigenvalue weighted by atomic mass is 10.1. The smallest absolute Gasteiger partial charge is 0.144 e. The third-order valence-corrected chi connectivity index (χ3v) is 2.79. The molecule has 2 rings (SSSR count). The molecule has 18 heavy (non-hydrogen) atoms. The lowest BCUT2D eigenvalue weighted by Crippen LogP contribution is -2.14. The van der Waals surface area contributed by atoms with Crippen molar-refractivity contribution in [3.8, 4) is 0 Å². The van der Waals surface area contributed by atoms with Crippen molar-refractivity contribution in [3.63, 3.8) is 0 Å². The molecule has 0 aliphatic carbocycles. The molecule has 2 aromatic rings. The van der Waals surface area contributed by atoms with E-state index in [9.17, 15) is 9.50 Å². The summed E-state index contributed by atoms with van der Waals surface area (Å²) in [7, 11) is 0. The first-order valence-electron chi connectivity index (χ1n) is 5.45. The molecule has 1 heterocycles. The summed E-state index contributed by atoms with van der Waals surface area (Å²) in [6.07, 6.45) is 0.633. The number of rotatable bonds is 4. The monoisotopic (exact) mass is 266 g/mol. The first kappa shape index (κ1) is 12.8. The molecule has 3 nitrogen and oxygen atoms in total. The number of hydrogen-bond donors (Lipinski definition) is 2. The van der Waals surface area contributed by atoms with E-state index in [2.05, 4.69) is 10.3 Å². The van der Waals surface area contributed by atoms with Crippen molar-refractivity contribution in [1.29, 1.82) is 0 Å². The molecule has 0 fully saturated rings. The molecule has 1 aromatic heterocycles. The summed E-state index contributed by atoms with van der Waals surface area (Å²) in [5.41, 5.74) is 0.247. The maximum Gasteiger partial charge on any atom is 0.144 e. The Labute approximate surface area is 109 Å². The van der Waals surface area contributed by atoms with E-state index in [0.29, 0.717) is 10.8 Å². The van der Waals surface area contributed by atoms with E-state index in [-0.39, 0.29) is 12.1 Å². The molecule has 0 radical (unpaired) electrons. The van der Waals surface area contributed by atoms with Gasteiger partial charge in [-0.2, -0.15) is 0 Å². The Morgan fingerprint density at radius 3 is 2.78 bits per heavy atom. The van der Waals surface area contributed by atoms with Crippen LogP contribution in [0.4, 0.5) is 10.2 Å². The van der Waals surface area contributed by atoms with E-state index in [0.717, 1.165) is 0 Å². The number of aromatic nitrogens is 1. The molecular weight excluding hydrogens is 255 g/mol. The van der Waals surface area contributed by atoms with E-state index in [1.807, 2.05) is 0 Å². The number of aliphatic hydroxyl groups is 1. The number of aliphatic hydroxyl groups excluding tert-OH is 1. The molecule has 0 amide bonds. The Kier molecular flexibility index (Phi) is 4.12. The number of halogens is 2. The summed E-state index contributed by atoms with van der Waals surface area (Å²) in [6.45, 7) is 0.137. The van der Waals surface area contributed by atoms with Crippen LogP contribution in [0.15, 0.2) is 42.6 Å². The van der Waals surface area contributed by atoms with Crippen molar-refractivity contribution in [2.75, 3.05) is 11.9 Å². The van der Waals surface area contributed by atoms with Crippen LogP contribution in [-0.4, -0.2) is 16.6 Å². The zero-order valence-corrected chi connectivity index (χ0v) is 10.2. The van der Waals surface area contributed by atoms with Crippen LogP contribution in [0.2, 0.25) is 5.02 Å². The number of nitrogens with zero attached hydrogens (tertiary/aromatic N) is 1. The molecule has 0 saturated carbocycles. The molecule has 0 saturated heterocycles. The van der Waals surface area contributed by atoms with Crippen molar-refractivity contribution in [3.05, 3.63) is 59.0 Å².